The number of rotatable bonds is 12. The molecule has 2 aromatic heterocycles. The molecule has 254 valence electrons. The molecule has 4 heterocycles. The van der Waals surface area contributed by atoms with E-state index in [2.05, 4.69) is 15.2 Å². The van der Waals surface area contributed by atoms with Crippen molar-refractivity contribution in [3.63, 3.8) is 0 Å². The van der Waals surface area contributed by atoms with Crippen LogP contribution in [0.1, 0.15) is 52.3 Å². The fraction of sp³-hybridized carbons (Fsp3) is 0.500. The van der Waals surface area contributed by atoms with Crippen molar-refractivity contribution in [2.24, 2.45) is 0 Å². The quantitative estimate of drug-likeness (QED) is 0.161. The molecule has 0 bridgehead atoms. The zero-order valence-electron chi connectivity index (χ0n) is 26.4. The highest BCUT2D eigenvalue weighted by molar-refractivity contribution is 7.52. The Balaban J connectivity index is 1.43. The summed E-state index contributed by atoms with van der Waals surface area (Å²) in [4.78, 5) is 41.6. The normalized spacial score (nSPS) is 25.1. The van der Waals surface area contributed by atoms with Gasteiger partial charge in [-0.15, -0.1) is 0 Å². The van der Waals surface area contributed by atoms with Gasteiger partial charge in [0.1, 0.15) is 41.4 Å². The third-order valence-corrected chi connectivity index (χ3v) is 9.26. The number of para-hydroxylation sites is 1. The summed E-state index contributed by atoms with van der Waals surface area (Å²) in [6, 6.07) is 10.4. The monoisotopic (exact) mass is 675 g/mol. The number of hydrogen-bond donors (Lipinski definition) is 2. The smallest absolute Gasteiger partial charge is 0.459 e. The lowest BCUT2D eigenvalue weighted by atomic mass is 9.96. The van der Waals surface area contributed by atoms with Crippen LogP contribution in [0.5, 0.6) is 5.75 Å². The first kappa shape index (κ1) is 34.3. The zero-order chi connectivity index (χ0) is 33.8. The van der Waals surface area contributed by atoms with Crippen LogP contribution in [0.25, 0.3) is 5.52 Å². The number of carbonyl (C=O) groups excluding carboxylic acids is 3. The fourth-order valence-corrected chi connectivity index (χ4v) is 7.01. The predicted molar refractivity (Wildman–Crippen MR) is 164 cm³/mol. The molecule has 17 heteroatoms. The van der Waals surface area contributed by atoms with E-state index in [1.807, 2.05) is 0 Å². The topological polar surface area (TPSA) is 201 Å². The lowest BCUT2D eigenvalue weighted by Gasteiger charge is -2.32. The number of nitrogen functional groups attached to an aromatic ring is 1. The summed E-state index contributed by atoms with van der Waals surface area (Å²) < 4.78 is 56.3. The van der Waals surface area contributed by atoms with Crippen LogP contribution in [-0.4, -0.2) is 82.3 Å². The summed E-state index contributed by atoms with van der Waals surface area (Å²) in [6.45, 7) is 5.84. The van der Waals surface area contributed by atoms with Crippen LogP contribution >= 0.6 is 7.75 Å². The maximum atomic E-state index is 14.3. The number of hydrogen-bond acceptors (Lipinski definition) is 14. The Morgan fingerprint density at radius 2 is 1.79 bits per heavy atom. The number of ether oxygens (including phenoxy) is 5. The van der Waals surface area contributed by atoms with Crippen molar-refractivity contribution in [1.29, 1.82) is 0 Å². The summed E-state index contributed by atoms with van der Waals surface area (Å²) in [5.74, 6) is -1.63. The molecule has 2 aliphatic heterocycles. The third kappa shape index (κ3) is 8.08. The second-order valence-electron chi connectivity index (χ2n) is 11.4. The van der Waals surface area contributed by atoms with E-state index in [1.165, 1.54) is 31.6 Å². The number of nitrogens with one attached hydrogen (secondary N) is 1. The highest BCUT2D eigenvalue weighted by Crippen LogP contribution is 2.49. The third-order valence-electron chi connectivity index (χ3n) is 7.64. The van der Waals surface area contributed by atoms with Gasteiger partial charge in [0.15, 0.2) is 18.0 Å². The molecule has 3 aromatic rings. The van der Waals surface area contributed by atoms with Crippen LogP contribution < -0.4 is 15.3 Å². The van der Waals surface area contributed by atoms with Crippen LogP contribution in [0.4, 0.5) is 5.82 Å². The Morgan fingerprint density at radius 3 is 2.47 bits per heavy atom. The van der Waals surface area contributed by atoms with Gasteiger partial charge < -0.3 is 33.9 Å². The van der Waals surface area contributed by atoms with Crippen LogP contribution in [0.3, 0.4) is 0 Å². The van der Waals surface area contributed by atoms with Gasteiger partial charge in [0, 0.05) is 26.7 Å². The van der Waals surface area contributed by atoms with E-state index in [4.69, 9.17) is 38.5 Å². The van der Waals surface area contributed by atoms with Gasteiger partial charge in [-0.3, -0.25) is 18.9 Å². The zero-order valence-corrected chi connectivity index (χ0v) is 27.3. The van der Waals surface area contributed by atoms with E-state index in [1.54, 1.807) is 49.4 Å². The van der Waals surface area contributed by atoms with E-state index >= 15 is 0 Å². The molecule has 5 rings (SSSR count). The maximum absolute atomic E-state index is 14.3. The first-order chi connectivity index (χ1) is 22.4. The number of nitrogens with two attached hydrogens (primary N) is 1. The molecule has 2 fully saturated rings. The van der Waals surface area contributed by atoms with Gasteiger partial charge in [0.05, 0.1) is 25.5 Å². The molecule has 47 heavy (non-hydrogen) atoms. The standard InChI is InChI=1S/C30H38N5O11P/c1-18(29(38)44-21-12-14-40-15-13-21)34-47(39,46-22-8-6-5-7-9-22)41-16-30(4)27(43-20(3)37)26(42-19(2)36)25(45-30)23-10-11-24-28(31)32-17-33-35(23)24/h5-11,17-18,21,25-27H,12-16H2,1-4H3,(H,34,39)(H2,31,32,33)/t18-,25-,26-,27-,30+,47-/m0/s1. The summed E-state index contributed by atoms with van der Waals surface area (Å²) >= 11 is 0. The van der Waals surface area contributed by atoms with E-state index in [0.717, 1.165) is 0 Å². The molecule has 3 N–H and O–H groups in total. The molecule has 0 saturated carbocycles. The van der Waals surface area contributed by atoms with Crippen LogP contribution in [0, 0.1) is 0 Å². The van der Waals surface area contributed by atoms with Crippen molar-refractivity contribution in [3.8, 4) is 5.75 Å². The predicted octanol–water partition coefficient (Wildman–Crippen LogP) is 2.91. The molecule has 6 atom stereocenters. The second kappa shape index (κ2) is 14.4. The lowest BCUT2D eigenvalue weighted by Crippen LogP contribution is -2.48. The summed E-state index contributed by atoms with van der Waals surface area (Å²) in [5.41, 5.74) is 5.32. The minimum Gasteiger partial charge on any atom is -0.461 e. The first-order valence-corrected chi connectivity index (χ1v) is 16.6. The van der Waals surface area contributed by atoms with Crippen LogP contribution in [0.15, 0.2) is 48.8 Å². The Labute approximate surface area is 270 Å². The van der Waals surface area contributed by atoms with Gasteiger partial charge in [-0.2, -0.15) is 10.2 Å². The minimum atomic E-state index is -4.38. The molecule has 0 amide bonds. The molecule has 0 radical (unpaired) electrons. The van der Waals surface area contributed by atoms with Crippen LogP contribution in [0.2, 0.25) is 0 Å². The highest BCUT2D eigenvalue weighted by Gasteiger charge is 2.58. The average molecular weight is 676 g/mol. The summed E-state index contributed by atoms with van der Waals surface area (Å²) in [6.07, 6.45) is -1.49. The molecule has 1 aromatic carbocycles. The summed E-state index contributed by atoms with van der Waals surface area (Å²) in [7, 11) is -4.38. The van der Waals surface area contributed by atoms with Crippen molar-refractivity contribution >= 4 is 37.0 Å². The van der Waals surface area contributed by atoms with Crippen molar-refractivity contribution in [3.05, 3.63) is 54.5 Å². The van der Waals surface area contributed by atoms with Gasteiger partial charge in [-0.25, -0.2) is 14.1 Å². The molecular weight excluding hydrogens is 637 g/mol. The molecular formula is C30H38N5O11P. The highest BCUT2D eigenvalue weighted by atomic mass is 31.2. The Kier molecular flexibility index (Phi) is 10.5. The number of nitrogens with zero attached hydrogens (tertiary/aromatic N) is 3. The van der Waals surface area contributed by atoms with Crippen molar-refractivity contribution in [2.45, 2.75) is 76.6 Å². The average Bonchev–Trinajstić information content (AvgIpc) is 3.57. The number of aromatic nitrogens is 3. The molecule has 0 aliphatic carbocycles. The Hall–Kier alpha value is -4.08. The van der Waals surface area contributed by atoms with Crippen molar-refractivity contribution < 1.29 is 51.7 Å². The molecule has 2 aliphatic rings. The molecule has 2 saturated heterocycles. The number of esters is 3. The van der Waals surface area contributed by atoms with Gasteiger partial charge in [0.25, 0.3) is 0 Å². The van der Waals surface area contributed by atoms with Crippen molar-refractivity contribution in [2.75, 3.05) is 25.6 Å². The largest absolute Gasteiger partial charge is 0.461 e. The maximum Gasteiger partial charge on any atom is 0.459 e. The number of fused-ring (bicyclic) bond motifs is 1. The first-order valence-electron chi connectivity index (χ1n) is 15.0. The lowest BCUT2D eigenvalue weighted by molar-refractivity contribution is -0.169. The minimum absolute atomic E-state index is 0.190. The fourth-order valence-electron chi connectivity index (χ4n) is 5.42. The van der Waals surface area contributed by atoms with Crippen LogP contribution in [-0.2, 0) is 47.2 Å². The Morgan fingerprint density at radius 1 is 1.09 bits per heavy atom. The van der Waals surface area contributed by atoms with Crippen molar-refractivity contribution in [1.82, 2.24) is 19.7 Å². The van der Waals surface area contributed by atoms with Gasteiger partial charge >= 0.3 is 25.7 Å². The van der Waals surface area contributed by atoms with E-state index in [-0.39, 0.29) is 17.7 Å². The van der Waals surface area contributed by atoms with Gasteiger partial charge in [-0.1, -0.05) is 18.2 Å². The number of carbonyl (C=O) groups is 3. The molecule has 16 nitrogen and oxygen atoms in total. The SMILES string of the molecule is CC(=O)O[C@H]1[C@H](c2ccc3c(N)ncnn23)O[C@](C)(CO[P@@](=O)(N[C@@H](C)C(=O)OC2CCOCC2)Oc2ccccc2)[C@H]1OC(C)=O. The molecule has 0 unspecified atom stereocenters. The molecule has 0 spiro atoms. The summed E-state index contributed by atoms with van der Waals surface area (Å²) in [5, 5.41) is 6.92. The van der Waals surface area contributed by atoms with E-state index in [0.29, 0.717) is 37.3 Å². The van der Waals surface area contributed by atoms with E-state index < -0.39 is 62.2 Å². The number of anilines is 1. The van der Waals surface area contributed by atoms with Gasteiger partial charge in [0.2, 0.25) is 0 Å². The van der Waals surface area contributed by atoms with E-state index in [9.17, 15) is 18.9 Å². The van der Waals surface area contributed by atoms with Gasteiger partial charge in [-0.05, 0) is 38.1 Å². The second-order valence-corrected chi connectivity index (χ2v) is 13.1. The number of benzene rings is 1. The Bertz CT molecular complexity index is 1630.